The Morgan fingerprint density at radius 3 is 3.05 bits per heavy atom. The van der Waals surface area contributed by atoms with Gasteiger partial charge in [0.2, 0.25) is 5.91 Å². The van der Waals surface area contributed by atoms with E-state index in [9.17, 15) is 4.79 Å². The lowest BCUT2D eigenvalue weighted by atomic mass is 10.0. The van der Waals surface area contributed by atoms with Gasteiger partial charge in [0.25, 0.3) is 0 Å². The quantitative estimate of drug-likeness (QED) is 0.888. The number of rotatable bonds is 3. The van der Waals surface area contributed by atoms with Crippen molar-refractivity contribution < 1.29 is 9.53 Å². The van der Waals surface area contributed by atoms with Crippen molar-refractivity contribution in [3.05, 3.63) is 29.8 Å². The standard InChI is InChI=1S/C15H20N2O2/c1-17-10-12(6-7-15(17)18)16-9-13-8-11-4-2-3-5-14(11)19-13/h2-5,12-13,16H,6-10H2,1H3. The summed E-state index contributed by atoms with van der Waals surface area (Å²) in [6, 6.07) is 8.62. The number of hydrogen-bond donors (Lipinski definition) is 1. The lowest BCUT2D eigenvalue weighted by Crippen LogP contribution is -2.48. The SMILES string of the molecule is CN1CC(NCC2Cc3ccccc3O2)CCC1=O. The number of hydrogen-bond acceptors (Lipinski definition) is 3. The molecule has 0 aliphatic carbocycles. The van der Waals surface area contributed by atoms with Crippen molar-refractivity contribution in [2.75, 3.05) is 20.1 Å². The minimum atomic E-state index is 0.223. The molecule has 1 saturated heterocycles. The lowest BCUT2D eigenvalue weighted by Gasteiger charge is -2.30. The molecule has 0 radical (unpaired) electrons. The molecule has 1 fully saturated rings. The molecule has 102 valence electrons. The monoisotopic (exact) mass is 260 g/mol. The van der Waals surface area contributed by atoms with E-state index in [1.807, 2.05) is 24.1 Å². The van der Waals surface area contributed by atoms with E-state index in [1.165, 1.54) is 5.56 Å². The highest BCUT2D eigenvalue weighted by atomic mass is 16.5. The highest BCUT2D eigenvalue weighted by Gasteiger charge is 2.26. The predicted molar refractivity (Wildman–Crippen MR) is 73.2 cm³/mol. The molecule has 1 N–H and O–H groups in total. The van der Waals surface area contributed by atoms with Crippen LogP contribution >= 0.6 is 0 Å². The minimum Gasteiger partial charge on any atom is -0.488 e. The molecule has 0 aromatic heterocycles. The summed E-state index contributed by atoms with van der Waals surface area (Å²) in [6.07, 6.45) is 2.79. The summed E-state index contributed by atoms with van der Waals surface area (Å²) < 4.78 is 5.90. The number of nitrogens with zero attached hydrogens (tertiary/aromatic N) is 1. The van der Waals surface area contributed by atoms with Crippen LogP contribution in [-0.2, 0) is 11.2 Å². The Kier molecular flexibility index (Phi) is 3.42. The van der Waals surface area contributed by atoms with Gasteiger partial charge in [-0.2, -0.15) is 0 Å². The fraction of sp³-hybridized carbons (Fsp3) is 0.533. The molecule has 2 aliphatic heterocycles. The zero-order valence-electron chi connectivity index (χ0n) is 11.3. The Bertz CT molecular complexity index is 450. The van der Waals surface area contributed by atoms with Gasteiger partial charge in [0.1, 0.15) is 11.9 Å². The zero-order valence-corrected chi connectivity index (χ0v) is 11.3. The first-order valence-electron chi connectivity index (χ1n) is 6.94. The maximum absolute atomic E-state index is 11.4. The first kappa shape index (κ1) is 12.5. The second-order valence-electron chi connectivity index (χ2n) is 5.47. The number of carbonyl (C=O) groups excluding carboxylic acids is 1. The Balaban J connectivity index is 1.48. The number of carbonyl (C=O) groups is 1. The van der Waals surface area contributed by atoms with Gasteiger partial charge in [-0.05, 0) is 18.1 Å². The Labute approximate surface area is 113 Å². The van der Waals surface area contributed by atoms with Crippen LogP contribution in [0, 0.1) is 0 Å². The summed E-state index contributed by atoms with van der Waals surface area (Å²) >= 11 is 0. The summed E-state index contributed by atoms with van der Waals surface area (Å²) in [4.78, 5) is 13.2. The molecule has 1 aromatic carbocycles. The van der Waals surface area contributed by atoms with Crippen LogP contribution in [0.2, 0.25) is 0 Å². The summed E-state index contributed by atoms with van der Waals surface area (Å²) in [7, 11) is 1.87. The number of ether oxygens (including phenoxy) is 1. The van der Waals surface area contributed by atoms with E-state index in [0.717, 1.165) is 31.7 Å². The number of amides is 1. The molecule has 2 atom stereocenters. The normalized spacial score (nSPS) is 26.2. The largest absolute Gasteiger partial charge is 0.488 e. The summed E-state index contributed by atoms with van der Waals surface area (Å²) in [6.45, 7) is 1.65. The van der Waals surface area contributed by atoms with Crippen molar-refractivity contribution in [3.63, 3.8) is 0 Å². The highest BCUT2D eigenvalue weighted by Crippen LogP contribution is 2.27. The molecule has 2 aliphatic rings. The molecule has 19 heavy (non-hydrogen) atoms. The number of fused-ring (bicyclic) bond motifs is 1. The van der Waals surface area contributed by atoms with Crippen LogP contribution in [0.3, 0.4) is 0 Å². The second kappa shape index (κ2) is 5.21. The first-order chi connectivity index (χ1) is 9.22. The fourth-order valence-corrected chi connectivity index (χ4v) is 2.84. The van der Waals surface area contributed by atoms with Gasteiger partial charge in [0, 0.05) is 39.0 Å². The topological polar surface area (TPSA) is 41.6 Å². The average molecular weight is 260 g/mol. The summed E-state index contributed by atoms with van der Waals surface area (Å²) in [5.41, 5.74) is 1.30. The van der Waals surface area contributed by atoms with Gasteiger partial charge in [0.05, 0.1) is 0 Å². The number of likely N-dealkylation sites (tertiary alicyclic amines) is 1. The maximum atomic E-state index is 11.4. The van der Waals surface area contributed by atoms with Crippen LogP contribution in [0.4, 0.5) is 0 Å². The van der Waals surface area contributed by atoms with Gasteiger partial charge >= 0.3 is 0 Å². The van der Waals surface area contributed by atoms with E-state index in [1.54, 1.807) is 0 Å². The Morgan fingerprint density at radius 1 is 1.42 bits per heavy atom. The van der Waals surface area contributed by atoms with E-state index < -0.39 is 0 Å². The van der Waals surface area contributed by atoms with Crippen molar-refractivity contribution in [2.45, 2.75) is 31.4 Å². The molecule has 3 rings (SSSR count). The van der Waals surface area contributed by atoms with Crippen molar-refractivity contribution in [1.82, 2.24) is 10.2 Å². The molecule has 0 spiro atoms. The van der Waals surface area contributed by atoms with E-state index in [2.05, 4.69) is 17.4 Å². The average Bonchev–Trinajstić information content (AvgIpc) is 2.83. The summed E-state index contributed by atoms with van der Waals surface area (Å²) in [5.74, 6) is 1.27. The molecule has 0 bridgehead atoms. The minimum absolute atomic E-state index is 0.223. The van der Waals surface area contributed by atoms with Crippen molar-refractivity contribution in [3.8, 4) is 5.75 Å². The van der Waals surface area contributed by atoms with Crippen molar-refractivity contribution in [2.24, 2.45) is 0 Å². The highest BCUT2D eigenvalue weighted by molar-refractivity contribution is 5.76. The molecular formula is C15H20N2O2. The van der Waals surface area contributed by atoms with E-state index >= 15 is 0 Å². The van der Waals surface area contributed by atoms with Gasteiger partial charge in [-0.1, -0.05) is 18.2 Å². The smallest absolute Gasteiger partial charge is 0.222 e. The third-order valence-electron chi connectivity index (χ3n) is 3.97. The van der Waals surface area contributed by atoms with Crippen molar-refractivity contribution in [1.29, 1.82) is 0 Å². The van der Waals surface area contributed by atoms with Gasteiger partial charge in [0.15, 0.2) is 0 Å². The number of nitrogens with one attached hydrogen (secondary N) is 1. The molecular weight excluding hydrogens is 240 g/mol. The van der Waals surface area contributed by atoms with Crippen LogP contribution in [0.1, 0.15) is 18.4 Å². The van der Waals surface area contributed by atoms with Gasteiger partial charge < -0.3 is 15.0 Å². The molecule has 0 saturated carbocycles. The van der Waals surface area contributed by atoms with Crippen LogP contribution in [0.5, 0.6) is 5.75 Å². The number of para-hydroxylation sites is 1. The third kappa shape index (κ3) is 2.73. The van der Waals surface area contributed by atoms with Crippen molar-refractivity contribution >= 4 is 5.91 Å². The Hall–Kier alpha value is -1.55. The number of likely N-dealkylation sites (N-methyl/N-ethyl adjacent to an activating group) is 1. The van der Waals surface area contributed by atoms with Crippen LogP contribution < -0.4 is 10.1 Å². The third-order valence-corrected chi connectivity index (χ3v) is 3.97. The maximum Gasteiger partial charge on any atom is 0.222 e. The van der Waals surface area contributed by atoms with Crippen LogP contribution in [0.15, 0.2) is 24.3 Å². The molecule has 1 amide bonds. The zero-order chi connectivity index (χ0) is 13.2. The predicted octanol–water partition coefficient (Wildman–Crippen LogP) is 1.20. The Morgan fingerprint density at radius 2 is 2.26 bits per heavy atom. The second-order valence-corrected chi connectivity index (χ2v) is 5.47. The molecule has 2 unspecified atom stereocenters. The van der Waals surface area contributed by atoms with Gasteiger partial charge in [-0.25, -0.2) is 0 Å². The molecule has 4 nitrogen and oxygen atoms in total. The lowest BCUT2D eigenvalue weighted by molar-refractivity contribution is -0.132. The summed E-state index contributed by atoms with van der Waals surface area (Å²) in [5, 5.41) is 3.53. The van der Waals surface area contributed by atoms with Crippen LogP contribution in [-0.4, -0.2) is 43.1 Å². The number of benzene rings is 1. The number of piperidine rings is 1. The van der Waals surface area contributed by atoms with Gasteiger partial charge in [-0.3, -0.25) is 4.79 Å². The van der Waals surface area contributed by atoms with E-state index in [-0.39, 0.29) is 12.0 Å². The van der Waals surface area contributed by atoms with Gasteiger partial charge in [-0.15, -0.1) is 0 Å². The fourth-order valence-electron chi connectivity index (χ4n) is 2.84. The first-order valence-corrected chi connectivity index (χ1v) is 6.94. The molecule has 4 heteroatoms. The molecule has 1 aromatic rings. The van der Waals surface area contributed by atoms with Crippen LogP contribution in [0.25, 0.3) is 0 Å². The van der Waals surface area contributed by atoms with E-state index in [0.29, 0.717) is 12.5 Å². The molecule has 2 heterocycles. The van der Waals surface area contributed by atoms with E-state index in [4.69, 9.17) is 4.74 Å².